The van der Waals surface area contributed by atoms with E-state index in [1.165, 1.54) is 10.9 Å². The Morgan fingerprint density at radius 2 is 2.07 bits per heavy atom. The van der Waals surface area contributed by atoms with Gasteiger partial charge < -0.3 is 4.90 Å². The van der Waals surface area contributed by atoms with Gasteiger partial charge in [-0.2, -0.15) is 18.3 Å². The molecule has 0 aromatic carbocycles. The van der Waals surface area contributed by atoms with Gasteiger partial charge in [0.1, 0.15) is 0 Å². The van der Waals surface area contributed by atoms with Crippen LogP contribution in [0, 0.1) is 0 Å². The van der Waals surface area contributed by atoms with Gasteiger partial charge in [-0.05, 0) is 20.2 Å². The van der Waals surface area contributed by atoms with Crippen LogP contribution < -0.4 is 0 Å². The van der Waals surface area contributed by atoms with Crippen molar-refractivity contribution < 1.29 is 13.2 Å². The van der Waals surface area contributed by atoms with Crippen molar-refractivity contribution in [2.45, 2.75) is 12.7 Å². The number of halogens is 3. The first-order valence-electron chi connectivity index (χ1n) is 4.15. The first-order chi connectivity index (χ1) is 6.39. The second-order valence-electron chi connectivity index (χ2n) is 3.27. The molecule has 0 N–H and O–H groups in total. The maximum absolute atomic E-state index is 12.1. The summed E-state index contributed by atoms with van der Waals surface area (Å²) in [4.78, 5) is 1.88. The lowest BCUT2D eigenvalue weighted by Gasteiger charge is -2.08. The molecule has 3 nitrogen and oxygen atoms in total. The Kier molecular flexibility index (Phi) is 3.15. The average molecular weight is 207 g/mol. The summed E-state index contributed by atoms with van der Waals surface area (Å²) in [5.41, 5.74) is -0.837. The van der Waals surface area contributed by atoms with Crippen molar-refractivity contribution in [2.75, 3.05) is 20.6 Å². The summed E-state index contributed by atoms with van der Waals surface area (Å²) in [6.07, 6.45) is -3.00. The van der Waals surface area contributed by atoms with Crippen LogP contribution in [0.3, 0.4) is 0 Å². The third kappa shape index (κ3) is 3.02. The van der Waals surface area contributed by atoms with Crippen LogP contribution in [-0.2, 0) is 12.7 Å². The molecule has 0 aliphatic heterocycles. The first-order valence-corrected chi connectivity index (χ1v) is 4.15. The van der Waals surface area contributed by atoms with Crippen molar-refractivity contribution in [3.8, 4) is 0 Å². The zero-order chi connectivity index (χ0) is 10.8. The molecule has 0 atom stereocenters. The van der Waals surface area contributed by atoms with Crippen molar-refractivity contribution in [2.24, 2.45) is 0 Å². The molecular formula is C8H12F3N3. The number of aromatic nitrogens is 2. The van der Waals surface area contributed by atoms with Crippen LogP contribution in [0.4, 0.5) is 13.2 Å². The fraction of sp³-hybridized carbons (Fsp3) is 0.625. The number of hydrogen-bond donors (Lipinski definition) is 0. The molecule has 0 spiro atoms. The van der Waals surface area contributed by atoms with Gasteiger partial charge in [-0.1, -0.05) is 0 Å². The highest BCUT2D eigenvalue weighted by atomic mass is 19.4. The largest absolute Gasteiger partial charge is 0.435 e. The van der Waals surface area contributed by atoms with Crippen LogP contribution in [0.1, 0.15) is 5.69 Å². The highest BCUT2D eigenvalue weighted by Crippen LogP contribution is 2.27. The zero-order valence-corrected chi connectivity index (χ0v) is 8.04. The van der Waals surface area contributed by atoms with E-state index < -0.39 is 11.9 Å². The van der Waals surface area contributed by atoms with Crippen LogP contribution >= 0.6 is 0 Å². The van der Waals surface area contributed by atoms with E-state index in [1.807, 2.05) is 19.0 Å². The Morgan fingerprint density at radius 3 is 2.50 bits per heavy atom. The summed E-state index contributed by atoms with van der Waals surface area (Å²) < 4.78 is 37.6. The summed E-state index contributed by atoms with van der Waals surface area (Å²) in [6.45, 7) is 1.13. The van der Waals surface area contributed by atoms with Crippen LogP contribution in [0.2, 0.25) is 0 Å². The van der Waals surface area contributed by atoms with E-state index in [2.05, 4.69) is 5.10 Å². The minimum absolute atomic E-state index is 0.461. The fourth-order valence-electron chi connectivity index (χ4n) is 0.940. The van der Waals surface area contributed by atoms with Gasteiger partial charge in [0, 0.05) is 12.7 Å². The highest BCUT2D eigenvalue weighted by molar-refractivity contribution is 5.03. The summed E-state index contributed by atoms with van der Waals surface area (Å²) in [6, 6.07) is 0.982. The van der Waals surface area contributed by atoms with E-state index in [9.17, 15) is 13.2 Å². The van der Waals surface area contributed by atoms with E-state index in [0.717, 1.165) is 6.07 Å². The molecule has 1 aromatic heterocycles. The smallest absolute Gasteiger partial charge is 0.308 e. The minimum atomic E-state index is -4.34. The molecule has 6 heteroatoms. The van der Waals surface area contributed by atoms with E-state index in [0.29, 0.717) is 13.1 Å². The van der Waals surface area contributed by atoms with Crippen LogP contribution in [0.15, 0.2) is 12.3 Å². The summed E-state index contributed by atoms with van der Waals surface area (Å²) in [7, 11) is 3.71. The Labute approximate surface area is 80.1 Å². The third-order valence-corrected chi connectivity index (χ3v) is 1.71. The monoisotopic (exact) mass is 207 g/mol. The van der Waals surface area contributed by atoms with Crippen LogP contribution in [0.5, 0.6) is 0 Å². The van der Waals surface area contributed by atoms with E-state index >= 15 is 0 Å². The molecular weight excluding hydrogens is 195 g/mol. The summed E-state index contributed by atoms with van der Waals surface area (Å²) in [5, 5.41) is 3.42. The molecule has 0 unspecified atom stereocenters. The number of rotatable bonds is 3. The van der Waals surface area contributed by atoms with Crippen LogP contribution in [-0.4, -0.2) is 35.3 Å². The Balaban J connectivity index is 2.60. The normalized spacial score (nSPS) is 12.4. The lowest BCUT2D eigenvalue weighted by Crippen LogP contribution is -2.19. The van der Waals surface area contributed by atoms with Crippen molar-refractivity contribution in [3.63, 3.8) is 0 Å². The number of hydrogen-bond acceptors (Lipinski definition) is 2. The Morgan fingerprint density at radius 1 is 1.43 bits per heavy atom. The van der Waals surface area contributed by atoms with E-state index in [4.69, 9.17) is 0 Å². The van der Waals surface area contributed by atoms with Gasteiger partial charge in [-0.15, -0.1) is 0 Å². The molecule has 1 heterocycles. The van der Waals surface area contributed by atoms with Crippen molar-refractivity contribution >= 4 is 0 Å². The van der Waals surface area contributed by atoms with Gasteiger partial charge in [0.05, 0.1) is 6.54 Å². The molecule has 1 rings (SSSR count). The number of alkyl halides is 3. The molecule has 1 aromatic rings. The van der Waals surface area contributed by atoms with Gasteiger partial charge >= 0.3 is 6.18 Å². The molecule has 0 aliphatic carbocycles. The first kappa shape index (κ1) is 11.0. The van der Waals surface area contributed by atoms with Gasteiger partial charge in [0.15, 0.2) is 5.69 Å². The molecule has 80 valence electrons. The summed E-state index contributed by atoms with van der Waals surface area (Å²) in [5.74, 6) is 0. The van der Waals surface area contributed by atoms with Gasteiger partial charge in [-0.25, -0.2) is 0 Å². The topological polar surface area (TPSA) is 21.1 Å². The minimum Gasteiger partial charge on any atom is -0.308 e. The van der Waals surface area contributed by atoms with Crippen LogP contribution in [0.25, 0.3) is 0 Å². The molecule has 0 radical (unpaired) electrons. The van der Waals surface area contributed by atoms with Crippen molar-refractivity contribution in [1.82, 2.24) is 14.7 Å². The Hall–Kier alpha value is -1.04. The molecule has 0 saturated heterocycles. The molecule has 0 fully saturated rings. The molecule has 0 bridgehead atoms. The van der Waals surface area contributed by atoms with Crippen molar-refractivity contribution in [3.05, 3.63) is 18.0 Å². The lowest BCUT2D eigenvalue weighted by molar-refractivity contribution is -0.141. The maximum atomic E-state index is 12.1. The summed E-state index contributed by atoms with van der Waals surface area (Å²) >= 11 is 0. The maximum Gasteiger partial charge on any atom is 0.435 e. The Bertz CT molecular complexity index is 290. The van der Waals surface area contributed by atoms with Gasteiger partial charge in [-0.3, -0.25) is 4.68 Å². The highest BCUT2D eigenvalue weighted by Gasteiger charge is 2.33. The predicted octanol–water partition coefficient (Wildman–Crippen LogP) is 1.46. The molecule has 0 saturated carbocycles. The average Bonchev–Trinajstić information content (AvgIpc) is 2.47. The quantitative estimate of drug-likeness (QED) is 0.748. The number of likely N-dealkylation sites (N-methyl/N-ethyl adjacent to an activating group) is 1. The molecule has 0 amide bonds. The second kappa shape index (κ2) is 4.00. The second-order valence-corrected chi connectivity index (χ2v) is 3.27. The van der Waals surface area contributed by atoms with E-state index in [1.54, 1.807) is 0 Å². The standard InChI is InChI=1S/C8H12F3N3/c1-13(2)5-6-14-4-3-7(12-14)8(9,10)11/h3-4H,5-6H2,1-2H3. The number of nitrogens with zero attached hydrogens (tertiary/aromatic N) is 3. The third-order valence-electron chi connectivity index (χ3n) is 1.71. The van der Waals surface area contributed by atoms with E-state index in [-0.39, 0.29) is 0 Å². The van der Waals surface area contributed by atoms with Crippen molar-refractivity contribution in [1.29, 1.82) is 0 Å². The fourth-order valence-corrected chi connectivity index (χ4v) is 0.940. The molecule has 0 aliphatic rings. The lowest BCUT2D eigenvalue weighted by atomic mass is 10.4. The molecule has 14 heavy (non-hydrogen) atoms. The zero-order valence-electron chi connectivity index (χ0n) is 8.04. The predicted molar refractivity (Wildman–Crippen MR) is 45.8 cm³/mol. The van der Waals surface area contributed by atoms with Gasteiger partial charge in [0.25, 0.3) is 0 Å². The van der Waals surface area contributed by atoms with Gasteiger partial charge in [0.2, 0.25) is 0 Å². The SMILES string of the molecule is CN(C)CCn1ccc(C(F)(F)F)n1.